The van der Waals surface area contributed by atoms with Crippen LogP contribution in [-0.2, 0) is 28.8 Å². The molecule has 26 heavy (non-hydrogen) atoms. The maximum Gasteiger partial charge on any atom is 0.407 e. The molecule has 1 aliphatic rings. The molecule has 2 amide bonds. The minimum Gasteiger partial charge on any atom is -0.444 e. The highest BCUT2D eigenvalue weighted by Gasteiger charge is 2.19. The lowest BCUT2D eigenvalue weighted by Gasteiger charge is -2.19. The molecule has 2 rings (SSSR count). The van der Waals surface area contributed by atoms with Crippen LogP contribution in [0, 0.1) is 0 Å². The Bertz CT molecular complexity index is 706. The molecule has 0 aromatic carbocycles. The van der Waals surface area contributed by atoms with Crippen molar-refractivity contribution < 1.29 is 14.3 Å². The SMILES string of the molecule is CC(C)(C)OC(=O)NCCCNC(=O)Cc1n[nH]c(=O)c2c1CCCC2. The van der Waals surface area contributed by atoms with E-state index in [1.54, 1.807) is 20.8 Å². The monoisotopic (exact) mass is 364 g/mol. The number of carbonyl (C=O) groups excluding carboxylic acids is 2. The number of H-pyrrole nitrogens is 1. The summed E-state index contributed by atoms with van der Waals surface area (Å²) >= 11 is 0. The molecule has 0 saturated carbocycles. The van der Waals surface area contributed by atoms with E-state index in [0.717, 1.165) is 36.8 Å². The fraction of sp³-hybridized carbons (Fsp3) is 0.667. The van der Waals surface area contributed by atoms with Gasteiger partial charge in [0.05, 0.1) is 12.1 Å². The van der Waals surface area contributed by atoms with Crippen molar-refractivity contribution in [2.24, 2.45) is 0 Å². The quantitative estimate of drug-likeness (QED) is 0.657. The van der Waals surface area contributed by atoms with Crippen LogP contribution in [0.15, 0.2) is 4.79 Å². The van der Waals surface area contributed by atoms with Crippen LogP contribution in [0.4, 0.5) is 4.79 Å². The molecule has 1 aliphatic carbocycles. The topological polar surface area (TPSA) is 113 Å². The van der Waals surface area contributed by atoms with Crippen LogP contribution in [-0.4, -0.2) is 40.9 Å². The molecule has 0 spiro atoms. The molecule has 1 heterocycles. The number of hydrogen-bond acceptors (Lipinski definition) is 5. The Labute approximate surface area is 153 Å². The van der Waals surface area contributed by atoms with E-state index in [4.69, 9.17) is 4.74 Å². The Hall–Kier alpha value is -2.38. The average Bonchev–Trinajstić information content (AvgIpc) is 2.56. The van der Waals surface area contributed by atoms with Crippen LogP contribution in [0.3, 0.4) is 0 Å². The van der Waals surface area contributed by atoms with Crippen molar-refractivity contribution in [3.8, 4) is 0 Å². The fourth-order valence-corrected chi connectivity index (χ4v) is 2.91. The zero-order chi connectivity index (χ0) is 19.2. The summed E-state index contributed by atoms with van der Waals surface area (Å²) in [5, 5.41) is 12.0. The summed E-state index contributed by atoms with van der Waals surface area (Å²) in [5.41, 5.74) is 1.69. The number of alkyl carbamates (subject to hydrolysis) is 1. The second-order valence-electron chi connectivity index (χ2n) is 7.47. The lowest BCUT2D eigenvalue weighted by molar-refractivity contribution is -0.120. The van der Waals surface area contributed by atoms with Crippen LogP contribution in [0.2, 0.25) is 0 Å². The Morgan fingerprint density at radius 1 is 1.12 bits per heavy atom. The standard InChI is InChI=1S/C18H28N4O4/c1-18(2,3)26-17(25)20-10-6-9-19-15(23)11-14-12-7-4-5-8-13(12)16(24)22-21-14/h4-11H2,1-3H3,(H,19,23)(H,20,25)(H,22,24). The van der Waals surface area contributed by atoms with Crippen molar-refractivity contribution in [3.05, 3.63) is 27.2 Å². The zero-order valence-electron chi connectivity index (χ0n) is 15.7. The molecule has 0 saturated heterocycles. The highest BCUT2D eigenvalue weighted by atomic mass is 16.6. The Morgan fingerprint density at radius 3 is 2.46 bits per heavy atom. The van der Waals surface area contributed by atoms with Gasteiger partial charge in [0.2, 0.25) is 5.91 Å². The number of aromatic amines is 1. The molecule has 0 unspecified atom stereocenters. The molecule has 0 bridgehead atoms. The first-order valence-corrected chi connectivity index (χ1v) is 9.09. The normalized spacial score (nSPS) is 13.7. The lowest BCUT2D eigenvalue weighted by Crippen LogP contribution is -2.35. The molecule has 0 fully saturated rings. The molecule has 144 valence electrons. The summed E-state index contributed by atoms with van der Waals surface area (Å²) in [4.78, 5) is 35.4. The highest BCUT2D eigenvalue weighted by Crippen LogP contribution is 2.20. The molecule has 8 heteroatoms. The number of rotatable bonds is 6. The summed E-state index contributed by atoms with van der Waals surface area (Å²) < 4.78 is 5.13. The molecule has 1 aromatic rings. The Morgan fingerprint density at radius 2 is 1.77 bits per heavy atom. The van der Waals surface area contributed by atoms with Gasteiger partial charge in [-0.2, -0.15) is 5.10 Å². The predicted molar refractivity (Wildman–Crippen MR) is 97.1 cm³/mol. The van der Waals surface area contributed by atoms with Gasteiger partial charge >= 0.3 is 6.09 Å². The minimum absolute atomic E-state index is 0.142. The van der Waals surface area contributed by atoms with Gasteiger partial charge in [0.25, 0.3) is 5.56 Å². The second kappa shape index (κ2) is 8.82. The van der Waals surface area contributed by atoms with Crippen LogP contribution >= 0.6 is 0 Å². The van der Waals surface area contributed by atoms with Crippen molar-refractivity contribution in [2.75, 3.05) is 13.1 Å². The Kier molecular flexibility index (Phi) is 6.76. The fourth-order valence-electron chi connectivity index (χ4n) is 2.91. The summed E-state index contributed by atoms with van der Waals surface area (Å²) in [6, 6.07) is 0. The maximum atomic E-state index is 12.1. The van der Waals surface area contributed by atoms with Gasteiger partial charge in [-0.3, -0.25) is 9.59 Å². The van der Waals surface area contributed by atoms with Crippen LogP contribution in [0.5, 0.6) is 0 Å². The number of carbonyl (C=O) groups is 2. The molecule has 0 radical (unpaired) electrons. The third kappa shape index (κ3) is 6.16. The summed E-state index contributed by atoms with van der Waals surface area (Å²) in [6.45, 7) is 6.27. The van der Waals surface area contributed by atoms with Crippen molar-refractivity contribution >= 4 is 12.0 Å². The van der Waals surface area contributed by atoms with E-state index in [-0.39, 0.29) is 17.9 Å². The first kappa shape index (κ1) is 19.9. The molecule has 8 nitrogen and oxygen atoms in total. The van der Waals surface area contributed by atoms with Gasteiger partial charge in [-0.05, 0) is 58.4 Å². The van der Waals surface area contributed by atoms with E-state index < -0.39 is 11.7 Å². The summed E-state index contributed by atoms with van der Waals surface area (Å²) in [6.07, 6.45) is 3.85. The number of aromatic nitrogens is 2. The number of nitrogens with zero attached hydrogens (tertiary/aromatic N) is 1. The van der Waals surface area contributed by atoms with Gasteiger partial charge in [0.15, 0.2) is 0 Å². The van der Waals surface area contributed by atoms with Crippen molar-refractivity contribution in [1.29, 1.82) is 0 Å². The third-order valence-electron chi connectivity index (χ3n) is 4.05. The predicted octanol–water partition coefficient (Wildman–Crippen LogP) is 1.22. The average molecular weight is 364 g/mol. The van der Waals surface area contributed by atoms with Gasteiger partial charge in [0.1, 0.15) is 5.60 Å². The number of fused-ring (bicyclic) bond motifs is 1. The van der Waals surface area contributed by atoms with Crippen molar-refractivity contribution in [2.45, 2.75) is 64.9 Å². The maximum absolute atomic E-state index is 12.1. The van der Waals surface area contributed by atoms with E-state index in [1.807, 2.05) is 0 Å². The first-order chi connectivity index (χ1) is 12.3. The van der Waals surface area contributed by atoms with Gasteiger partial charge < -0.3 is 15.4 Å². The van der Waals surface area contributed by atoms with Gasteiger partial charge in [-0.1, -0.05) is 0 Å². The number of hydrogen-bond donors (Lipinski definition) is 3. The largest absolute Gasteiger partial charge is 0.444 e. The number of nitrogens with one attached hydrogen (secondary N) is 3. The van der Waals surface area contributed by atoms with Gasteiger partial charge in [-0.15, -0.1) is 0 Å². The van der Waals surface area contributed by atoms with Crippen LogP contribution in [0.1, 0.15) is 56.9 Å². The molecule has 0 aliphatic heterocycles. The first-order valence-electron chi connectivity index (χ1n) is 9.09. The lowest BCUT2D eigenvalue weighted by atomic mass is 9.91. The van der Waals surface area contributed by atoms with Crippen molar-refractivity contribution in [1.82, 2.24) is 20.8 Å². The van der Waals surface area contributed by atoms with E-state index in [2.05, 4.69) is 20.8 Å². The second-order valence-corrected chi connectivity index (χ2v) is 7.47. The molecule has 0 atom stereocenters. The van der Waals surface area contributed by atoms with E-state index in [9.17, 15) is 14.4 Å². The zero-order valence-corrected chi connectivity index (χ0v) is 15.7. The smallest absolute Gasteiger partial charge is 0.407 e. The van der Waals surface area contributed by atoms with E-state index in [0.29, 0.717) is 25.2 Å². The third-order valence-corrected chi connectivity index (χ3v) is 4.05. The van der Waals surface area contributed by atoms with E-state index in [1.165, 1.54) is 0 Å². The van der Waals surface area contributed by atoms with Gasteiger partial charge in [0, 0.05) is 18.7 Å². The number of amides is 2. The van der Waals surface area contributed by atoms with Crippen LogP contribution in [0.25, 0.3) is 0 Å². The summed E-state index contributed by atoms with van der Waals surface area (Å²) in [7, 11) is 0. The molecular formula is C18H28N4O4. The molecular weight excluding hydrogens is 336 g/mol. The van der Waals surface area contributed by atoms with Crippen molar-refractivity contribution in [3.63, 3.8) is 0 Å². The van der Waals surface area contributed by atoms with E-state index >= 15 is 0 Å². The van der Waals surface area contributed by atoms with Crippen LogP contribution < -0.4 is 16.2 Å². The highest BCUT2D eigenvalue weighted by molar-refractivity contribution is 5.78. The summed E-state index contributed by atoms with van der Waals surface area (Å²) in [5.74, 6) is -0.144. The minimum atomic E-state index is -0.527. The number of ether oxygens (including phenoxy) is 1. The Balaban J connectivity index is 1.73. The molecule has 1 aromatic heterocycles. The van der Waals surface area contributed by atoms with Gasteiger partial charge in [-0.25, -0.2) is 9.89 Å². The molecule has 3 N–H and O–H groups in total.